The molecular formula is C10H14N2O3. The summed E-state index contributed by atoms with van der Waals surface area (Å²) in [5.74, 6) is -1.01. The molecule has 82 valence electrons. The van der Waals surface area contributed by atoms with Gasteiger partial charge in [-0.2, -0.15) is 0 Å². The van der Waals surface area contributed by atoms with E-state index in [1.165, 1.54) is 11.1 Å². The predicted octanol–water partition coefficient (Wildman–Crippen LogP) is 0.668. The maximum absolute atomic E-state index is 11.8. The van der Waals surface area contributed by atoms with Crippen LogP contribution < -0.4 is 0 Å². The molecule has 5 nitrogen and oxygen atoms in total. The molecule has 15 heavy (non-hydrogen) atoms. The molecule has 0 aromatic carbocycles. The second-order valence-corrected chi connectivity index (χ2v) is 3.22. The van der Waals surface area contributed by atoms with Crippen molar-refractivity contribution in [1.82, 2.24) is 4.90 Å². The second-order valence-electron chi connectivity index (χ2n) is 3.22. The van der Waals surface area contributed by atoms with E-state index in [-0.39, 0.29) is 18.9 Å². The lowest BCUT2D eigenvalue weighted by Crippen LogP contribution is -2.33. The summed E-state index contributed by atoms with van der Waals surface area (Å²) < 4.78 is 0. The Bertz CT molecular complexity index is 321. The van der Waals surface area contributed by atoms with E-state index in [1.54, 1.807) is 6.21 Å². The van der Waals surface area contributed by atoms with E-state index in [0.717, 1.165) is 0 Å². The van der Waals surface area contributed by atoms with E-state index in [0.29, 0.717) is 18.5 Å². The first kappa shape index (κ1) is 11.4. The number of hydrogen-bond donors (Lipinski definition) is 1. The number of nitrogens with zero attached hydrogens (tertiary/aromatic N) is 2. The van der Waals surface area contributed by atoms with Gasteiger partial charge in [-0.1, -0.05) is 0 Å². The number of carbonyl (C=O) groups is 2. The van der Waals surface area contributed by atoms with Gasteiger partial charge >= 0.3 is 5.97 Å². The highest BCUT2D eigenvalue weighted by Gasteiger charge is 2.18. The van der Waals surface area contributed by atoms with Gasteiger partial charge in [-0.3, -0.25) is 14.6 Å². The number of hydrogen-bond acceptors (Lipinski definition) is 3. The first-order valence-corrected chi connectivity index (χ1v) is 4.87. The summed E-state index contributed by atoms with van der Waals surface area (Å²) in [6, 6.07) is 0. The number of carboxylic acids is 1. The smallest absolute Gasteiger partial charge is 0.305 e. The van der Waals surface area contributed by atoms with Crippen molar-refractivity contribution in [3.05, 3.63) is 11.8 Å². The SMILES string of the molecule is CCN(CCC(=O)O)C(=O)C1=CN=CC1. The fourth-order valence-electron chi connectivity index (χ4n) is 1.33. The van der Waals surface area contributed by atoms with Crippen molar-refractivity contribution in [2.45, 2.75) is 19.8 Å². The molecule has 0 bridgehead atoms. The molecule has 0 atom stereocenters. The van der Waals surface area contributed by atoms with Gasteiger partial charge in [0, 0.05) is 37.5 Å². The molecule has 1 heterocycles. The van der Waals surface area contributed by atoms with Gasteiger partial charge in [0.2, 0.25) is 0 Å². The molecule has 0 saturated carbocycles. The number of likely N-dealkylation sites (N-methyl/N-ethyl adjacent to an activating group) is 1. The summed E-state index contributed by atoms with van der Waals surface area (Å²) in [6.07, 6.45) is 3.72. The van der Waals surface area contributed by atoms with Crippen LogP contribution in [0.5, 0.6) is 0 Å². The zero-order valence-electron chi connectivity index (χ0n) is 8.64. The van der Waals surface area contributed by atoms with Gasteiger partial charge in [0.05, 0.1) is 6.42 Å². The molecule has 1 N–H and O–H groups in total. The fraction of sp³-hybridized carbons (Fsp3) is 0.500. The standard InChI is InChI=1S/C10H14N2O3/c1-2-12(6-4-9(13)14)10(15)8-3-5-11-7-8/h5,7H,2-4,6H2,1H3,(H,13,14). The summed E-state index contributed by atoms with van der Waals surface area (Å²) in [5, 5.41) is 8.53. The predicted molar refractivity (Wildman–Crippen MR) is 55.7 cm³/mol. The van der Waals surface area contributed by atoms with Crippen molar-refractivity contribution in [3.63, 3.8) is 0 Å². The second kappa shape index (κ2) is 5.29. The molecule has 0 aliphatic carbocycles. The lowest BCUT2D eigenvalue weighted by molar-refractivity contribution is -0.138. The van der Waals surface area contributed by atoms with Gasteiger partial charge in [-0.15, -0.1) is 0 Å². The molecule has 0 aromatic rings. The van der Waals surface area contributed by atoms with E-state index in [2.05, 4.69) is 4.99 Å². The lowest BCUT2D eigenvalue weighted by Gasteiger charge is -2.20. The molecule has 0 fully saturated rings. The van der Waals surface area contributed by atoms with Gasteiger partial charge in [0.1, 0.15) is 0 Å². The average molecular weight is 210 g/mol. The summed E-state index contributed by atoms with van der Waals surface area (Å²) in [7, 11) is 0. The Morgan fingerprint density at radius 2 is 2.33 bits per heavy atom. The van der Waals surface area contributed by atoms with Gasteiger partial charge < -0.3 is 10.0 Å². The summed E-state index contributed by atoms with van der Waals surface area (Å²) in [6.45, 7) is 2.60. The molecule has 0 aromatic heterocycles. The molecule has 0 saturated heterocycles. The van der Waals surface area contributed by atoms with Crippen molar-refractivity contribution >= 4 is 18.1 Å². The fourth-order valence-corrected chi connectivity index (χ4v) is 1.33. The van der Waals surface area contributed by atoms with Crippen LogP contribution in [0.1, 0.15) is 19.8 Å². The average Bonchev–Trinajstić information content (AvgIpc) is 2.70. The minimum Gasteiger partial charge on any atom is -0.481 e. The summed E-state index contributed by atoms with van der Waals surface area (Å²) >= 11 is 0. The van der Waals surface area contributed by atoms with Crippen molar-refractivity contribution in [2.75, 3.05) is 13.1 Å². The van der Waals surface area contributed by atoms with Crippen LogP contribution in [0, 0.1) is 0 Å². The van der Waals surface area contributed by atoms with Crippen molar-refractivity contribution < 1.29 is 14.7 Å². The molecule has 5 heteroatoms. The van der Waals surface area contributed by atoms with Crippen LogP contribution in [0.15, 0.2) is 16.8 Å². The Hall–Kier alpha value is -1.65. The van der Waals surface area contributed by atoms with Crippen LogP contribution in [0.3, 0.4) is 0 Å². The Kier molecular flexibility index (Phi) is 4.03. The Morgan fingerprint density at radius 3 is 2.80 bits per heavy atom. The molecule has 0 spiro atoms. The van der Waals surface area contributed by atoms with Crippen molar-refractivity contribution in [3.8, 4) is 0 Å². The van der Waals surface area contributed by atoms with Crippen LogP contribution in [0.25, 0.3) is 0 Å². The molecule has 0 unspecified atom stereocenters. The Morgan fingerprint density at radius 1 is 1.60 bits per heavy atom. The molecule has 1 aliphatic rings. The normalized spacial score (nSPS) is 13.8. The number of carbonyl (C=O) groups excluding carboxylic acids is 1. The van der Waals surface area contributed by atoms with Crippen LogP contribution in [0.4, 0.5) is 0 Å². The van der Waals surface area contributed by atoms with Crippen LogP contribution in [-0.4, -0.2) is 41.2 Å². The highest BCUT2D eigenvalue weighted by Crippen LogP contribution is 2.10. The zero-order chi connectivity index (χ0) is 11.3. The highest BCUT2D eigenvalue weighted by atomic mass is 16.4. The minimum atomic E-state index is -0.891. The third-order valence-corrected chi connectivity index (χ3v) is 2.19. The van der Waals surface area contributed by atoms with Crippen LogP contribution >= 0.6 is 0 Å². The van der Waals surface area contributed by atoms with Gasteiger partial charge in [-0.05, 0) is 6.92 Å². The third-order valence-electron chi connectivity index (χ3n) is 2.19. The number of amides is 1. The van der Waals surface area contributed by atoms with Gasteiger partial charge in [-0.25, -0.2) is 0 Å². The largest absolute Gasteiger partial charge is 0.481 e. The van der Waals surface area contributed by atoms with Crippen LogP contribution in [-0.2, 0) is 9.59 Å². The first-order valence-electron chi connectivity index (χ1n) is 4.87. The maximum atomic E-state index is 11.8. The monoisotopic (exact) mass is 210 g/mol. The number of rotatable bonds is 5. The topological polar surface area (TPSA) is 70.0 Å². The minimum absolute atomic E-state index is 0.0201. The lowest BCUT2D eigenvalue weighted by atomic mass is 10.2. The third kappa shape index (κ3) is 3.19. The number of aliphatic carboxylic acids is 1. The Labute approximate surface area is 88.1 Å². The quantitative estimate of drug-likeness (QED) is 0.725. The van der Waals surface area contributed by atoms with E-state index < -0.39 is 5.97 Å². The molecular weight excluding hydrogens is 196 g/mol. The van der Waals surface area contributed by atoms with Crippen molar-refractivity contribution in [1.29, 1.82) is 0 Å². The summed E-state index contributed by atoms with van der Waals surface area (Å²) in [5.41, 5.74) is 0.627. The van der Waals surface area contributed by atoms with E-state index in [4.69, 9.17) is 5.11 Å². The zero-order valence-corrected chi connectivity index (χ0v) is 8.64. The number of aliphatic imine (C=N–C) groups is 1. The van der Waals surface area contributed by atoms with Gasteiger partial charge in [0.25, 0.3) is 5.91 Å². The van der Waals surface area contributed by atoms with Gasteiger partial charge in [0.15, 0.2) is 0 Å². The molecule has 0 radical (unpaired) electrons. The van der Waals surface area contributed by atoms with E-state index in [9.17, 15) is 9.59 Å². The molecule has 1 rings (SSSR count). The maximum Gasteiger partial charge on any atom is 0.305 e. The molecule has 1 aliphatic heterocycles. The number of carboxylic acid groups (broad SMARTS) is 1. The Balaban J connectivity index is 2.50. The first-order chi connectivity index (χ1) is 7.15. The molecule has 1 amide bonds. The van der Waals surface area contributed by atoms with Crippen molar-refractivity contribution in [2.24, 2.45) is 4.99 Å². The van der Waals surface area contributed by atoms with E-state index in [1.807, 2.05) is 6.92 Å². The van der Waals surface area contributed by atoms with E-state index >= 15 is 0 Å². The van der Waals surface area contributed by atoms with Crippen LogP contribution in [0.2, 0.25) is 0 Å². The highest BCUT2D eigenvalue weighted by molar-refractivity contribution is 5.98. The summed E-state index contributed by atoms with van der Waals surface area (Å²) in [4.78, 5) is 27.5.